The number of carbonyl (C=O) groups excluding carboxylic acids is 1. The minimum absolute atomic E-state index is 0.0536. The van der Waals surface area contributed by atoms with Crippen molar-refractivity contribution in [2.24, 2.45) is 0 Å². The fourth-order valence-corrected chi connectivity index (χ4v) is 3.89. The summed E-state index contributed by atoms with van der Waals surface area (Å²) in [5, 5.41) is 0. The molecule has 1 saturated heterocycles. The van der Waals surface area contributed by atoms with E-state index in [1.807, 2.05) is 0 Å². The number of likely N-dealkylation sites (N-methyl/N-ethyl adjacent to an activating group) is 1. The molecule has 0 radical (unpaired) electrons. The Morgan fingerprint density at radius 1 is 1.42 bits per heavy atom. The summed E-state index contributed by atoms with van der Waals surface area (Å²) in [7, 11) is -1.86. The van der Waals surface area contributed by atoms with Crippen molar-refractivity contribution in [3.05, 3.63) is 28.7 Å². The molecule has 1 aromatic carbocycles. The molecule has 0 aliphatic carbocycles. The molecule has 1 heterocycles. The zero-order valence-corrected chi connectivity index (χ0v) is 12.9. The van der Waals surface area contributed by atoms with E-state index in [0.29, 0.717) is 23.9 Å². The summed E-state index contributed by atoms with van der Waals surface area (Å²) in [6.07, 6.45) is 0.915. The van der Waals surface area contributed by atoms with Gasteiger partial charge in [-0.3, -0.25) is 4.79 Å². The maximum absolute atomic E-state index is 12.2. The third kappa shape index (κ3) is 3.55. The fourth-order valence-electron chi connectivity index (χ4n) is 2.03. The summed E-state index contributed by atoms with van der Waals surface area (Å²) in [5.74, 6) is 0.0536. The van der Waals surface area contributed by atoms with E-state index >= 15 is 0 Å². The van der Waals surface area contributed by atoms with Gasteiger partial charge in [-0.1, -0.05) is 22.0 Å². The predicted octanol–water partition coefficient (Wildman–Crippen LogP) is 1.35. The molecule has 0 saturated carbocycles. The van der Waals surface area contributed by atoms with E-state index in [1.54, 1.807) is 36.2 Å². The van der Waals surface area contributed by atoms with E-state index < -0.39 is 10.0 Å². The molecule has 1 fully saturated rings. The third-order valence-electron chi connectivity index (χ3n) is 3.05. The highest BCUT2D eigenvalue weighted by Gasteiger charge is 2.27. The summed E-state index contributed by atoms with van der Waals surface area (Å²) in [4.78, 5) is 13.1. The van der Waals surface area contributed by atoms with Crippen LogP contribution < -0.4 is 4.72 Å². The van der Waals surface area contributed by atoms with Gasteiger partial charge in [0.05, 0.1) is 4.90 Å². The van der Waals surface area contributed by atoms with Crippen LogP contribution in [-0.4, -0.2) is 38.9 Å². The maximum atomic E-state index is 12.2. The molecule has 1 aromatic rings. The van der Waals surface area contributed by atoms with E-state index in [2.05, 4.69) is 20.7 Å². The van der Waals surface area contributed by atoms with Crippen LogP contribution in [0.1, 0.15) is 12.8 Å². The molecule has 1 unspecified atom stereocenters. The van der Waals surface area contributed by atoms with Gasteiger partial charge < -0.3 is 4.90 Å². The highest BCUT2D eigenvalue weighted by molar-refractivity contribution is 9.10. The van der Waals surface area contributed by atoms with Crippen LogP contribution in [0.5, 0.6) is 0 Å². The quantitative estimate of drug-likeness (QED) is 0.898. The minimum atomic E-state index is -3.54. The largest absolute Gasteiger partial charge is 0.344 e. The second-order valence-corrected chi connectivity index (χ2v) is 7.22. The van der Waals surface area contributed by atoms with E-state index in [1.165, 1.54) is 0 Å². The first-order chi connectivity index (χ1) is 8.88. The van der Waals surface area contributed by atoms with Crippen molar-refractivity contribution in [1.29, 1.82) is 0 Å². The lowest BCUT2D eigenvalue weighted by Gasteiger charge is -2.29. The molecule has 0 bridgehead atoms. The van der Waals surface area contributed by atoms with Crippen molar-refractivity contribution in [1.82, 2.24) is 9.62 Å². The van der Waals surface area contributed by atoms with Gasteiger partial charge in [-0.15, -0.1) is 0 Å². The molecule has 0 spiro atoms. The molecule has 5 nitrogen and oxygen atoms in total. The zero-order chi connectivity index (χ0) is 14.0. The standard InChI is InChI=1S/C12H15BrN2O3S/c1-15-8-10(5-6-12(15)16)14-19(17,18)11-4-2-3-9(13)7-11/h2-4,7,10,14H,5-6,8H2,1H3. The Morgan fingerprint density at radius 3 is 2.79 bits per heavy atom. The topological polar surface area (TPSA) is 66.5 Å². The highest BCUT2D eigenvalue weighted by Crippen LogP contribution is 2.18. The molecule has 0 aromatic heterocycles. The number of rotatable bonds is 3. The van der Waals surface area contributed by atoms with Crippen molar-refractivity contribution in [3.8, 4) is 0 Å². The van der Waals surface area contributed by atoms with Gasteiger partial charge in [-0.25, -0.2) is 13.1 Å². The monoisotopic (exact) mass is 346 g/mol. The van der Waals surface area contributed by atoms with Gasteiger partial charge in [0.15, 0.2) is 0 Å². The lowest BCUT2D eigenvalue weighted by molar-refractivity contribution is -0.132. The second-order valence-electron chi connectivity index (χ2n) is 4.59. The number of likely N-dealkylation sites (tertiary alicyclic amines) is 1. The first-order valence-electron chi connectivity index (χ1n) is 5.90. The van der Waals surface area contributed by atoms with Gasteiger partial charge in [0, 0.05) is 30.5 Å². The van der Waals surface area contributed by atoms with E-state index in [-0.39, 0.29) is 16.8 Å². The molecule has 19 heavy (non-hydrogen) atoms. The molecule has 1 atom stereocenters. The molecule has 1 aliphatic rings. The number of hydrogen-bond donors (Lipinski definition) is 1. The average molecular weight is 347 g/mol. The number of nitrogens with zero attached hydrogens (tertiary/aromatic N) is 1. The SMILES string of the molecule is CN1CC(NS(=O)(=O)c2cccc(Br)c2)CCC1=O. The van der Waals surface area contributed by atoms with Gasteiger partial charge in [-0.2, -0.15) is 0 Å². The van der Waals surface area contributed by atoms with E-state index in [4.69, 9.17) is 0 Å². The molecule has 1 aliphatic heterocycles. The Bertz CT molecular complexity index is 588. The zero-order valence-electron chi connectivity index (χ0n) is 10.5. The van der Waals surface area contributed by atoms with Crippen LogP contribution in [0.3, 0.4) is 0 Å². The van der Waals surface area contributed by atoms with Crippen LogP contribution in [0, 0.1) is 0 Å². The van der Waals surface area contributed by atoms with Crippen LogP contribution in [0.15, 0.2) is 33.6 Å². The van der Waals surface area contributed by atoms with E-state index in [0.717, 1.165) is 0 Å². The number of carbonyl (C=O) groups is 1. The lowest BCUT2D eigenvalue weighted by Crippen LogP contribution is -2.48. The van der Waals surface area contributed by atoms with Crippen LogP contribution in [0.25, 0.3) is 0 Å². The summed E-state index contributed by atoms with van der Waals surface area (Å²) >= 11 is 3.25. The molecular weight excluding hydrogens is 332 g/mol. The molecular formula is C12H15BrN2O3S. The van der Waals surface area contributed by atoms with Gasteiger partial charge in [0.1, 0.15) is 0 Å². The highest BCUT2D eigenvalue weighted by atomic mass is 79.9. The normalized spacial score (nSPS) is 20.6. The van der Waals surface area contributed by atoms with Crippen molar-refractivity contribution >= 4 is 31.9 Å². The lowest BCUT2D eigenvalue weighted by atomic mass is 10.1. The Labute approximate surface area is 121 Å². The smallest absolute Gasteiger partial charge is 0.240 e. The van der Waals surface area contributed by atoms with Gasteiger partial charge in [0.2, 0.25) is 15.9 Å². The third-order valence-corrected chi connectivity index (χ3v) is 5.07. The first kappa shape index (κ1) is 14.5. The number of halogens is 1. The number of amides is 1. The van der Waals surface area contributed by atoms with Crippen LogP contribution >= 0.6 is 15.9 Å². The van der Waals surface area contributed by atoms with Crippen molar-refractivity contribution in [2.75, 3.05) is 13.6 Å². The Kier molecular flexibility index (Phi) is 4.27. The van der Waals surface area contributed by atoms with Crippen LogP contribution in [-0.2, 0) is 14.8 Å². The Balaban J connectivity index is 2.12. The minimum Gasteiger partial charge on any atom is -0.344 e. The first-order valence-corrected chi connectivity index (χ1v) is 8.18. The van der Waals surface area contributed by atoms with Crippen LogP contribution in [0.2, 0.25) is 0 Å². The van der Waals surface area contributed by atoms with E-state index in [9.17, 15) is 13.2 Å². The summed E-state index contributed by atoms with van der Waals surface area (Å²) in [5.41, 5.74) is 0. The van der Waals surface area contributed by atoms with Crippen molar-refractivity contribution in [2.45, 2.75) is 23.8 Å². The average Bonchev–Trinajstić information content (AvgIpc) is 2.33. The van der Waals surface area contributed by atoms with Gasteiger partial charge in [-0.05, 0) is 24.6 Å². The number of benzene rings is 1. The predicted molar refractivity (Wildman–Crippen MR) is 75.1 cm³/mol. The maximum Gasteiger partial charge on any atom is 0.240 e. The number of sulfonamides is 1. The van der Waals surface area contributed by atoms with Gasteiger partial charge in [0.25, 0.3) is 0 Å². The summed E-state index contributed by atoms with van der Waals surface area (Å²) in [6, 6.07) is 6.32. The van der Waals surface area contributed by atoms with Crippen molar-refractivity contribution in [3.63, 3.8) is 0 Å². The van der Waals surface area contributed by atoms with Crippen LogP contribution in [0.4, 0.5) is 0 Å². The Hall–Kier alpha value is -0.920. The number of piperidine rings is 1. The molecule has 7 heteroatoms. The molecule has 104 valence electrons. The fraction of sp³-hybridized carbons (Fsp3) is 0.417. The second kappa shape index (κ2) is 5.60. The molecule has 1 amide bonds. The van der Waals surface area contributed by atoms with Crippen molar-refractivity contribution < 1.29 is 13.2 Å². The van der Waals surface area contributed by atoms with Gasteiger partial charge >= 0.3 is 0 Å². The molecule has 1 N–H and O–H groups in total. The number of nitrogens with one attached hydrogen (secondary N) is 1. The summed E-state index contributed by atoms with van der Waals surface area (Å²) < 4.78 is 27.8. The number of hydrogen-bond acceptors (Lipinski definition) is 3. The molecule has 2 rings (SSSR count). The summed E-state index contributed by atoms with van der Waals surface area (Å²) in [6.45, 7) is 0.409. The Morgan fingerprint density at radius 2 is 2.16 bits per heavy atom.